The molecule has 1 amide bonds. The molecule has 0 heterocycles. The first-order valence-corrected chi connectivity index (χ1v) is 32.1. The number of carbonyl (C=O) groups is 3. The predicted octanol–water partition coefficient (Wildman–Crippen LogP) is 12.7. The van der Waals surface area contributed by atoms with Crippen molar-refractivity contribution in [1.82, 2.24) is 5.32 Å². The van der Waals surface area contributed by atoms with Crippen molar-refractivity contribution in [2.75, 3.05) is 6.61 Å². The quantitative estimate of drug-likeness (QED) is 0.0437. The summed E-state index contributed by atoms with van der Waals surface area (Å²) in [6, 6.07) is 29.0. The van der Waals surface area contributed by atoms with Gasteiger partial charge < -0.3 is 28.1 Å². The first-order chi connectivity index (χ1) is 31.5. The van der Waals surface area contributed by atoms with E-state index in [0.717, 1.165) is 27.8 Å². The minimum absolute atomic E-state index is 0.00720. The van der Waals surface area contributed by atoms with Gasteiger partial charge in [0.15, 0.2) is 16.6 Å². The van der Waals surface area contributed by atoms with Crippen molar-refractivity contribution in [3.63, 3.8) is 0 Å². The monoisotopic (exact) mass is 980 g/mol. The van der Waals surface area contributed by atoms with E-state index in [2.05, 4.69) is 149 Å². The molecule has 0 aliphatic carbocycles. The standard InChI is InChI=1S/C57H85NO7Si3/c1-43(34-37-49(65-67(16,17)56(8,9)10)39-40-62-54(61)47-27-21-18-22-28-47)33-36-48(64-66(14,15)55(5,6)7)38-35-44(2)41-52(45(3)42-59)58-53(60)46(4)63-68(57(11,12)13,50-29-23-19-24-30-50)51-31-25-20-26-32-51/h18-35,37-38,41-42,45-46,48-49,52H,36,39-40H2,1-17H3,(H,58,60)/b37-34+,38-35+,43-33+,44-41+/t45-,46+,48+,49-,52-/m1/s1. The lowest BCUT2D eigenvalue weighted by Crippen LogP contribution is -2.68. The molecule has 0 saturated carbocycles. The van der Waals surface area contributed by atoms with E-state index in [4.69, 9.17) is 18.0 Å². The number of nitrogens with one attached hydrogen (secondary N) is 1. The summed E-state index contributed by atoms with van der Waals surface area (Å²) in [4.78, 5) is 39.3. The normalized spacial score (nSPS) is 16.0. The van der Waals surface area contributed by atoms with Crippen LogP contribution in [0.25, 0.3) is 0 Å². The molecule has 3 aromatic rings. The van der Waals surface area contributed by atoms with Crippen LogP contribution in [-0.2, 0) is 27.6 Å². The second kappa shape index (κ2) is 25.0. The van der Waals surface area contributed by atoms with Crippen LogP contribution in [0.1, 0.15) is 113 Å². The number of ether oxygens (including phenoxy) is 1. The Labute approximate surface area is 414 Å². The molecule has 0 unspecified atom stereocenters. The van der Waals surface area contributed by atoms with Crippen LogP contribution in [0.3, 0.4) is 0 Å². The van der Waals surface area contributed by atoms with Gasteiger partial charge >= 0.3 is 5.97 Å². The lowest BCUT2D eigenvalue weighted by Gasteiger charge is -2.44. The first-order valence-electron chi connectivity index (χ1n) is 24.4. The predicted molar refractivity (Wildman–Crippen MR) is 291 cm³/mol. The first kappa shape index (κ1) is 58.1. The Hall–Kier alpha value is -4.24. The zero-order valence-corrected chi connectivity index (χ0v) is 47.6. The fraction of sp³-hybridized carbons (Fsp3) is 0.491. The molecule has 0 fully saturated rings. The maximum absolute atomic E-state index is 14.2. The maximum atomic E-state index is 14.2. The van der Waals surface area contributed by atoms with Crippen molar-refractivity contribution in [2.24, 2.45) is 5.92 Å². The molecule has 0 spiro atoms. The SMILES string of the molecule is CC(/C=C/[C@H](CCOC(=O)c1ccccc1)O[Si](C)(C)C(C)(C)C)=C\C[C@@H](/C=C/C(C)=C/[C@@H](NC(=O)[C@H](C)O[Si](c1ccccc1)(c1ccccc1)C(C)(C)C)[C@H](C)C=O)O[Si](C)(C)C(C)(C)C. The van der Waals surface area contributed by atoms with Crippen LogP contribution in [0, 0.1) is 5.92 Å². The smallest absolute Gasteiger partial charge is 0.338 e. The van der Waals surface area contributed by atoms with Gasteiger partial charge in [0.1, 0.15) is 12.4 Å². The number of carbonyl (C=O) groups excluding carboxylic acids is 3. The molecule has 0 aromatic heterocycles. The number of allylic oxidation sites excluding steroid dienone is 4. The molecule has 0 saturated heterocycles. The van der Waals surface area contributed by atoms with Gasteiger partial charge in [-0.15, -0.1) is 0 Å². The highest BCUT2D eigenvalue weighted by Gasteiger charge is 2.52. The van der Waals surface area contributed by atoms with E-state index in [0.29, 0.717) is 18.4 Å². The van der Waals surface area contributed by atoms with Crippen molar-refractivity contribution >= 4 is 53.5 Å². The average Bonchev–Trinajstić information content (AvgIpc) is 3.27. The van der Waals surface area contributed by atoms with Crippen LogP contribution in [0.4, 0.5) is 0 Å². The summed E-state index contributed by atoms with van der Waals surface area (Å²) in [6.45, 7) is 36.9. The van der Waals surface area contributed by atoms with Crippen molar-refractivity contribution in [3.05, 3.63) is 144 Å². The molecule has 8 nitrogen and oxygen atoms in total. The van der Waals surface area contributed by atoms with Crippen molar-refractivity contribution in [1.29, 1.82) is 0 Å². The lowest BCUT2D eigenvalue weighted by molar-refractivity contribution is -0.128. The third kappa shape index (κ3) is 16.7. The van der Waals surface area contributed by atoms with Crippen LogP contribution in [0.15, 0.2) is 139 Å². The van der Waals surface area contributed by atoms with Crippen LogP contribution >= 0.6 is 0 Å². The van der Waals surface area contributed by atoms with Crippen LogP contribution < -0.4 is 15.7 Å². The largest absolute Gasteiger partial charge is 0.462 e. The minimum Gasteiger partial charge on any atom is -0.462 e. The Morgan fingerprint density at radius 3 is 1.56 bits per heavy atom. The number of rotatable bonds is 23. The highest BCUT2D eigenvalue weighted by Crippen LogP contribution is 2.40. The summed E-state index contributed by atoms with van der Waals surface area (Å²) in [5, 5.41) is 5.04. The third-order valence-electron chi connectivity index (χ3n) is 13.6. The third-order valence-corrected chi connectivity index (χ3v) is 27.8. The fourth-order valence-electron chi connectivity index (χ4n) is 7.32. The highest BCUT2D eigenvalue weighted by molar-refractivity contribution is 6.99. The molecular weight excluding hydrogens is 895 g/mol. The molecular formula is C57H85NO7Si3. The molecule has 5 atom stereocenters. The van der Waals surface area contributed by atoms with E-state index >= 15 is 0 Å². The number of hydrogen-bond acceptors (Lipinski definition) is 7. The van der Waals surface area contributed by atoms with Crippen LogP contribution in [0.2, 0.25) is 41.3 Å². The van der Waals surface area contributed by atoms with E-state index in [1.54, 1.807) is 12.1 Å². The Morgan fingerprint density at radius 1 is 0.632 bits per heavy atom. The highest BCUT2D eigenvalue weighted by atomic mass is 28.4. The van der Waals surface area contributed by atoms with Gasteiger partial charge in [0, 0.05) is 12.3 Å². The van der Waals surface area contributed by atoms with Gasteiger partial charge in [0.05, 0.1) is 30.4 Å². The second-order valence-electron chi connectivity index (χ2n) is 22.4. The van der Waals surface area contributed by atoms with Gasteiger partial charge in [-0.3, -0.25) is 4.79 Å². The molecule has 11 heteroatoms. The van der Waals surface area contributed by atoms with E-state index in [-0.39, 0.29) is 45.8 Å². The fourth-order valence-corrected chi connectivity index (χ4v) is 14.6. The Balaban J connectivity index is 1.89. The van der Waals surface area contributed by atoms with Crippen molar-refractivity contribution < 1.29 is 32.4 Å². The van der Waals surface area contributed by atoms with Crippen LogP contribution in [0.5, 0.6) is 0 Å². The lowest BCUT2D eigenvalue weighted by atomic mass is 10.00. The zero-order valence-electron chi connectivity index (χ0n) is 44.6. The summed E-state index contributed by atoms with van der Waals surface area (Å²) in [7, 11) is -7.37. The molecule has 3 aromatic carbocycles. The van der Waals surface area contributed by atoms with Gasteiger partial charge in [0.2, 0.25) is 5.91 Å². The molecule has 68 heavy (non-hydrogen) atoms. The minimum atomic E-state index is -3.01. The van der Waals surface area contributed by atoms with E-state index in [1.807, 2.05) is 87.5 Å². The summed E-state index contributed by atoms with van der Waals surface area (Å²) in [5.74, 6) is -1.10. The van der Waals surface area contributed by atoms with E-state index in [1.165, 1.54) is 0 Å². The summed E-state index contributed by atoms with van der Waals surface area (Å²) in [5.41, 5.74) is 2.49. The van der Waals surface area contributed by atoms with Gasteiger partial charge in [-0.25, -0.2) is 4.79 Å². The average molecular weight is 981 g/mol. The molecule has 0 aliphatic heterocycles. The number of aldehydes is 1. The van der Waals surface area contributed by atoms with Crippen LogP contribution in [-0.4, -0.2) is 74.1 Å². The Morgan fingerprint density at radius 2 is 1.09 bits per heavy atom. The molecule has 372 valence electrons. The Bertz CT molecular complexity index is 2140. The van der Waals surface area contributed by atoms with Gasteiger partial charge in [-0.1, -0.05) is 196 Å². The van der Waals surface area contributed by atoms with Gasteiger partial charge in [0.25, 0.3) is 8.32 Å². The summed E-state index contributed by atoms with van der Waals surface area (Å²) >= 11 is 0. The Kier molecular flexibility index (Phi) is 21.4. The summed E-state index contributed by atoms with van der Waals surface area (Å²) in [6.07, 6.45) is 13.3. The van der Waals surface area contributed by atoms with Crippen molar-refractivity contribution in [3.8, 4) is 0 Å². The molecule has 0 aliphatic rings. The van der Waals surface area contributed by atoms with E-state index in [9.17, 15) is 14.4 Å². The number of hydrogen-bond donors (Lipinski definition) is 1. The molecule has 3 rings (SSSR count). The molecule has 0 bridgehead atoms. The number of benzene rings is 3. The molecule has 0 radical (unpaired) electrons. The van der Waals surface area contributed by atoms with Gasteiger partial charge in [-0.2, -0.15) is 0 Å². The summed E-state index contributed by atoms with van der Waals surface area (Å²) < 4.78 is 26.6. The number of esters is 1. The molecule has 1 N–H and O–H groups in total. The number of amides is 1. The van der Waals surface area contributed by atoms with E-state index < -0.39 is 43.0 Å². The van der Waals surface area contributed by atoms with Gasteiger partial charge in [-0.05, 0) is 91.0 Å². The maximum Gasteiger partial charge on any atom is 0.338 e. The topological polar surface area (TPSA) is 100 Å². The zero-order chi connectivity index (χ0) is 51.1. The second-order valence-corrected chi connectivity index (χ2v) is 36.2. The van der Waals surface area contributed by atoms with Crippen molar-refractivity contribution in [2.45, 2.75) is 169 Å².